The number of esters is 1. The minimum atomic E-state index is -1.06. The highest BCUT2D eigenvalue weighted by Gasteiger charge is 2.17. The average Bonchev–Trinajstić information content (AvgIpc) is 2.40. The molecule has 0 heterocycles. The number of nitrogens with one attached hydrogen (secondary N) is 1. The Labute approximate surface area is 113 Å². The van der Waals surface area contributed by atoms with Gasteiger partial charge < -0.3 is 10.1 Å². The zero-order chi connectivity index (χ0) is 14.4. The first kappa shape index (κ1) is 15.4. The van der Waals surface area contributed by atoms with E-state index in [1.54, 1.807) is 0 Å². The molecule has 0 spiro atoms. The molecule has 0 bridgehead atoms. The lowest BCUT2D eigenvalue weighted by Crippen LogP contribution is -2.35. The van der Waals surface area contributed by atoms with Crippen molar-refractivity contribution in [1.29, 1.82) is 0 Å². The number of ether oxygens (including phenoxy) is 1. The van der Waals surface area contributed by atoms with Crippen LogP contribution in [0.2, 0.25) is 0 Å². The number of rotatable bonds is 5. The van der Waals surface area contributed by atoms with Gasteiger partial charge in [-0.1, -0.05) is 12.1 Å². The molecule has 1 aromatic carbocycles. The summed E-state index contributed by atoms with van der Waals surface area (Å²) in [6, 6.07) is 3.57. The molecule has 1 aromatic rings. The summed E-state index contributed by atoms with van der Waals surface area (Å²) in [7, 11) is 1.17. The maximum Gasteiger partial charge on any atom is 0.325 e. The second-order valence-electron chi connectivity index (χ2n) is 3.68. The Kier molecular flexibility index (Phi) is 5.69. The number of hydrogen-bond acceptors (Lipinski definition) is 3. The third kappa shape index (κ3) is 4.48. The maximum absolute atomic E-state index is 13.3. The van der Waals surface area contributed by atoms with E-state index in [1.807, 2.05) is 0 Å². The van der Waals surface area contributed by atoms with Crippen molar-refractivity contribution in [2.45, 2.75) is 11.8 Å². The van der Waals surface area contributed by atoms with E-state index in [9.17, 15) is 18.4 Å². The highest BCUT2D eigenvalue weighted by atomic mass is 35.5. The van der Waals surface area contributed by atoms with Crippen LogP contribution in [0.5, 0.6) is 0 Å². The molecule has 0 aliphatic rings. The van der Waals surface area contributed by atoms with E-state index in [0.717, 1.165) is 6.07 Å². The lowest BCUT2D eigenvalue weighted by atomic mass is 10.1. The van der Waals surface area contributed by atoms with Crippen molar-refractivity contribution < 1.29 is 23.1 Å². The molecule has 1 rings (SSSR count). The van der Waals surface area contributed by atoms with E-state index in [2.05, 4.69) is 10.1 Å². The standard InChI is InChI=1S/C12H12ClF2NO3/c1-19-12(18)8(13)6-16-10(17)5-7-3-2-4-9(14)11(7)15/h2-4,8H,5-6H2,1H3,(H,16,17). The smallest absolute Gasteiger partial charge is 0.325 e. The fraction of sp³-hybridized carbons (Fsp3) is 0.333. The Morgan fingerprint density at radius 3 is 2.74 bits per heavy atom. The van der Waals surface area contributed by atoms with Crippen LogP contribution in [-0.4, -0.2) is 30.9 Å². The number of carbonyl (C=O) groups is 2. The van der Waals surface area contributed by atoms with Gasteiger partial charge in [-0.2, -0.15) is 0 Å². The Morgan fingerprint density at radius 1 is 1.42 bits per heavy atom. The largest absolute Gasteiger partial charge is 0.468 e. The van der Waals surface area contributed by atoms with Gasteiger partial charge in [-0.25, -0.2) is 8.78 Å². The fourth-order valence-corrected chi connectivity index (χ4v) is 1.50. The summed E-state index contributed by atoms with van der Waals surface area (Å²) in [6.07, 6.45) is -0.339. The molecule has 4 nitrogen and oxygen atoms in total. The van der Waals surface area contributed by atoms with Crippen LogP contribution in [0.15, 0.2) is 18.2 Å². The lowest BCUT2D eigenvalue weighted by Gasteiger charge is -2.09. The summed E-state index contributed by atoms with van der Waals surface area (Å²) in [5, 5.41) is 1.31. The van der Waals surface area contributed by atoms with Crippen molar-refractivity contribution >= 4 is 23.5 Å². The molecule has 0 radical (unpaired) electrons. The summed E-state index contributed by atoms with van der Waals surface area (Å²) in [5.74, 6) is -3.33. The Bertz CT molecular complexity index is 482. The number of benzene rings is 1. The predicted octanol–water partition coefficient (Wildman–Crippen LogP) is 1.40. The van der Waals surface area contributed by atoms with Gasteiger partial charge in [0, 0.05) is 12.1 Å². The summed E-state index contributed by atoms with van der Waals surface area (Å²) in [5.41, 5.74) is -0.0679. The lowest BCUT2D eigenvalue weighted by molar-refractivity contribution is -0.140. The topological polar surface area (TPSA) is 55.4 Å². The van der Waals surface area contributed by atoms with E-state index in [4.69, 9.17) is 11.6 Å². The van der Waals surface area contributed by atoms with Gasteiger partial charge in [0.15, 0.2) is 11.6 Å². The Balaban J connectivity index is 2.52. The quantitative estimate of drug-likeness (QED) is 0.659. The van der Waals surface area contributed by atoms with Gasteiger partial charge in [-0.05, 0) is 6.07 Å². The number of methoxy groups -OCH3 is 1. The van der Waals surface area contributed by atoms with Crippen LogP contribution in [0.3, 0.4) is 0 Å². The number of hydrogen-bond donors (Lipinski definition) is 1. The molecule has 0 aliphatic carbocycles. The van der Waals surface area contributed by atoms with Crippen LogP contribution in [0.25, 0.3) is 0 Å². The van der Waals surface area contributed by atoms with Crippen LogP contribution < -0.4 is 5.32 Å². The zero-order valence-corrected chi connectivity index (χ0v) is 10.8. The SMILES string of the molecule is COC(=O)C(Cl)CNC(=O)Cc1cccc(F)c1F. The van der Waals surface area contributed by atoms with E-state index >= 15 is 0 Å². The third-order valence-corrected chi connectivity index (χ3v) is 2.65. The van der Waals surface area contributed by atoms with Gasteiger partial charge in [-0.3, -0.25) is 9.59 Å². The first-order chi connectivity index (χ1) is 8.95. The van der Waals surface area contributed by atoms with Crippen LogP contribution in [-0.2, 0) is 20.7 Å². The Hall–Kier alpha value is -1.69. The van der Waals surface area contributed by atoms with E-state index in [0.29, 0.717) is 0 Å². The average molecular weight is 292 g/mol. The number of alkyl halides is 1. The summed E-state index contributed by atoms with van der Waals surface area (Å²) in [4.78, 5) is 22.4. The molecule has 19 heavy (non-hydrogen) atoms. The molecule has 1 N–H and O–H groups in total. The highest BCUT2D eigenvalue weighted by Crippen LogP contribution is 2.11. The van der Waals surface area contributed by atoms with E-state index < -0.39 is 28.9 Å². The molecule has 0 saturated carbocycles. The van der Waals surface area contributed by atoms with Crippen LogP contribution >= 0.6 is 11.6 Å². The predicted molar refractivity (Wildman–Crippen MR) is 64.7 cm³/mol. The van der Waals surface area contributed by atoms with Gasteiger partial charge >= 0.3 is 5.97 Å². The van der Waals surface area contributed by atoms with E-state index in [-0.39, 0.29) is 18.5 Å². The van der Waals surface area contributed by atoms with Gasteiger partial charge in [0.1, 0.15) is 5.38 Å². The minimum Gasteiger partial charge on any atom is -0.468 e. The summed E-state index contributed by atoms with van der Waals surface area (Å²) >= 11 is 5.61. The molecule has 7 heteroatoms. The van der Waals surface area contributed by atoms with Crippen molar-refractivity contribution in [2.75, 3.05) is 13.7 Å². The number of halogens is 3. The van der Waals surface area contributed by atoms with Gasteiger partial charge in [0.2, 0.25) is 5.91 Å². The molecule has 1 atom stereocenters. The van der Waals surface area contributed by atoms with Gasteiger partial charge in [-0.15, -0.1) is 11.6 Å². The number of carbonyl (C=O) groups excluding carboxylic acids is 2. The number of amides is 1. The molecule has 0 aromatic heterocycles. The summed E-state index contributed by atoms with van der Waals surface area (Å²) in [6.45, 7) is -0.149. The second kappa shape index (κ2) is 7.04. The Morgan fingerprint density at radius 2 is 2.11 bits per heavy atom. The molecule has 0 fully saturated rings. The van der Waals surface area contributed by atoms with Crippen LogP contribution in [0.1, 0.15) is 5.56 Å². The van der Waals surface area contributed by atoms with E-state index in [1.165, 1.54) is 19.2 Å². The van der Waals surface area contributed by atoms with Crippen LogP contribution in [0, 0.1) is 11.6 Å². The summed E-state index contributed by atoms with van der Waals surface area (Å²) < 4.78 is 30.6. The molecule has 1 amide bonds. The molecule has 1 unspecified atom stereocenters. The first-order valence-corrected chi connectivity index (χ1v) is 5.80. The normalized spacial score (nSPS) is 11.8. The minimum absolute atomic E-state index is 0.0679. The molecule has 0 saturated heterocycles. The zero-order valence-electron chi connectivity index (χ0n) is 10.1. The fourth-order valence-electron chi connectivity index (χ4n) is 1.34. The van der Waals surface area contributed by atoms with Gasteiger partial charge in [0.05, 0.1) is 13.5 Å². The monoisotopic (exact) mass is 291 g/mol. The van der Waals surface area contributed by atoms with Crippen LogP contribution in [0.4, 0.5) is 8.78 Å². The molecular weight excluding hydrogens is 280 g/mol. The molecule has 104 valence electrons. The maximum atomic E-state index is 13.3. The first-order valence-electron chi connectivity index (χ1n) is 5.37. The molecular formula is C12H12ClF2NO3. The van der Waals surface area contributed by atoms with Crippen molar-refractivity contribution in [1.82, 2.24) is 5.32 Å². The third-order valence-electron chi connectivity index (χ3n) is 2.32. The van der Waals surface area contributed by atoms with Crippen molar-refractivity contribution in [3.8, 4) is 0 Å². The highest BCUT2D eigenvalue weighted by molar-refractivity contribution is 6.30. The van der Waals surface area contributed by atoms with Gasteiger partial charge in [0.25, 0.3) is 0 Å². The molecule has 0 aliphatic heterocycles. The van der Waals surface area contributed by atoms with Crippen molar-refractivity contribution in [3.63, 3.8) is 0 Å². The van der Waals surface area contributed by atoms with Crippen molar-refractivity contribution in [2.24, 2.45) is 0 Å². The second-order valence-corrected chi connectivity index (χ2v) is 4.21. The van der Waals surface area contributed by atoms with Crippen molar-refractivity contribution in [3.05, 3.63) is 35.4 Å².